The maximum Gasteiger partial charge on any atom is 0.311 e. The lowest BCUT2D eigenvalue weighted by Crippen LogP contribution is -2.48. The van der Waals surface area contributed by atoms with Crippen molar-refractivity contribution in [3.63, 3.8) is 0 Å². The van der Waals surface area contributed by atoms with Gasteiger partial charge in [-0.05, 0) is 41.4 Å². The van der Waals surface area contributed by atoms with Gasteiger partial charge in [0, 0.05) is 36.6 Å². The number of esters is 1. The Hall–Kier alpha value is -2.62. The SMILES string of the molecule is COC(=O)Cc1csc(C[C@H](C(=O)N2CC3(C[C@H]2C(=O)CC(CC2CCC2)C(=O)C(N)=O)CC3(C)C)C(C)(C)C)n1. The van der Waals surface area contributed by atoms with Crippen molar-refractivity contribution < 1.29 is 28.7 Å². The molecule has 2 saturated carbocycles. The fraction of sp³-hybridized carbons (Fsp3) is 0.742. The van der Waals surface area contributed by atoms with Crippen LogP contribution in [0.25, 0.3) is 0 Å². The maximum atomic E-state index is 14.4. The first-order valence-electron chi connectivity index (χ1n) is 14.7. The van der Waals surface area contributed by atoms with Crippen molar-refractivity contribution in [2.75, 3.05) is 13.7 Å². The molecule has 1 aliphatic heterocycles. The molecule has 4 atom stereocenters. The summed E-state index contributed by atoms with van der Waals surface area (Å²) in [4.78, 5) is 70.9. The fourth-order valence-electron chi connectivity index (χ4n) is 6.80. The number of likely N-dealkylation sites (tertiary alicyclic amines) is 1. The molecule has 3 fully saturated rings. The summed E-state index contributed by atoms with van der Waals surface area (Å²) in [6, 6.07) is -0.634. The van der Waals surface area contributed by atoms with Gasteiger partial charge in [0.2, 0.25) is 11.7 Å². The van der Waals surface area contributed by atoms with E-state index in [1.807, 2.05) is 26.2 Å². The van der Waals surface area contributed by atoms with Gasteiger partial charge in [-0.2, -0.15) is 0 Å². The van der Waals surface area contributed by atoms with Crippen molar-refractivity contribution in [2.24, 2.45) is 39.7 Å². The average Bonchev–Trinajstić information content (AvgIpc) is 3.19. The van der Waals surface area contributed by atoms with E-state index in [1.54, 1.807) is 4.90 Å². The molecule has 3 aliphatic rings. The first-order chi connectivity index (χ1) is 19.1. The van der Waals surface area contributed by atoms with Crippen LogP contribution < -0.4 is 5.73 Å². The third-order valence-electron chi connectivity index (χ3n) is 9.96. The van der Waals surface area contributed by atoms with Gasteiger partial charge in [0.1, 0.15) is 0 Å². The van der Waals surface area contributed by atoms with Crippen molar-refractivity contribution >= 4 is 40.7 Å². The van der Waals surface area contributed by atoms with Crippen LogP contribution >= 0.6 is 11.3 Å². The number of carbonyl (C=O) groups is 5. The van der Waals surface area contributed by atoms with Gasteiger partial charge in [0.05, 0.1) is 30.3 Å². The van der Waals surface area contributed by atoms with Gasteiger partial charge in [-0.1, -0.05) is 53.9 Å². The Balaban J connectivity index is 1.57. The highest BCUT2D eigenvalue weighted by Gasteiger charge is 2.67. The Kier molecular flexibility index (Phi) is 8.84. The number of methoxy groups -OCH3 is 1. The molecule has 2 aliphatic carbocycles. The minimum absolute atomic E-state index is 0.0181. The number of nitrogens with two attached hydrogens (primary N) is 1. The van der Waals surface area contributed by atoms with Gasteiger partial charge in [-0.3, -0.25) is 24.0 Å². The molecule has 1 aromatic heterocycles. The predicted octanol–water partition coefficient (Wildman–Crippen LogP) is 3.90. The van der Waals surface area contributed by atoms with Crippen molar-refractivity contribution in [3.8, 4) is 0 Å². The van der Waals surface area contributed by atoms with Crippen LogP contribution in [0.3, 0.4) is 0 Å². The number of amides is 2. The van der Waals surface area contributed by atoms with Crippen LogP contribution in [-0.2, 0) is 41.6 Å². The zero-order valence-corrected chi connectivity index (χ0v) is 26.1. The highest BCUT2D eigenvalue weighted by atomic mass is 32.1. The summed E-state index contributed by atoms with van der Waals surface area (Å²) in [6.07, 6.45) is 5.49. The van der Waals surface area contributed by atoms with Gasteiger partial charge in [0.25, 0.3) is 5.91 Å². The molecular formula is C31H45N3O6S. The molecule has 9 nitrogen and oxygen atoms in total. The van der Waals surface area contributed by atoms with Gasteiger partial charge in [-0.15, -0.1) is 11.3 Å². The fourth-order valence-corrected chi connectivity index (χ4v) is 7.64. The molecule has 2 N–H and O–H groups in total. The molecule has 41 heavy (non-hydrogen) atoms. The number of rotatable bonds is 12. The number of ketones is 2. The third-order valence-corrected chi connectivity index (χ3v) is 10.9. The van der Waals surface area contributed by atoms with Gasteiger partial charge in [0.15, 0.2) is 5.78 Å². The molecule has 4 rings (SSSR count). The number of ether oxygens (including phenoxy) is 1. The second-order valence-corrected chi connectivity index (χ2v) is 15.2. The van der Waals surface area contributed by atoms with Crippen molar-refractivity contribution in [1.82, 2.24) is 9.88 Å². The van der Waals surface area contributed by atoms with E-state index >= 15 is 0 Å². The minimum Gasteiger partial charge on any atom is -0.469 e. The number of Topliss-reactive ketones (excluding diaryl/α,β-unsaturated/α-hetero) is 2. The van der Waals surface area contributed by atoms with Crippen LogP contribution in [0.5, 0.6) is 0 Å². The van der Waals surface area contributed by atoms with Crippen LogP contribution in [0.4, 0.5) is 0 Å². The Bertz CT molecular complexity index is 1210. The van der Waals surface area contributed by atoms with E-state index in [0.29, 0.717) is 37.4 Å². The number of primary amides is 1. The van der Waals surface area contributed by atoms with E-state index in [2.05, 4.69) is 18.8 Å². The van der Waals surface area contributed by atoms with Crippen molar-refractivity contribution in [2.45, 2.75) is 98.4 Å². The second-order valence-electron chi connectivity index (χ2n) is 14.3. The first-order valence-corrected chi connectivity index (χ1v) is 15.6. The van der Waals surface area contributed by atoms with Crippen LogP contribution in [0.15, 0.2) is 5.38 Å². The highest BCUT2D eigenvalue weighted by molar-refractivity contribution is 7.09. The molecule has 2 heterocycles. The average molecular weight is 588 g/mol. The highest BCUT2D eigenvalue weighted by Crippen LogP contribution is 2.69. The zero-order valence-electron chi connectivity index (χ0n) is 25.3. The van der Waals surface area contributed by atoms with E-state index in [0.717, 1.165) is 30.7 Å². The topological polar surface area (TPSA) is 137 Å². The minimum atomic E-state index is -0.996. The number of hydrogen-bond acceptors (Lipinski definition) is 8. The van der Waals surface area contributed by atoms with Crippen molar-refractivity contribution in [3.05, 3.63) is 16.1 Å². The lowest BCUT2D eigenvalue weighted by atomic mass is 9.76. The zero-order chi connectivity index (χ0) is 30.3. The largest absolute Gasteiger partial charge is 0.469 e. The molecule has 2 unspecified atom stereocenters. The summed E-state index contributed by atoms with van der Waals surface area (Å²) in [5, 5.41) is 2.58. The lowest BCUT2D eigenvalue weighted by Gasteiger charge is -2.35. The summed E-state index contributed by atoms with van der Waals surface area (Å²) in [5.74, 6) is -3.12. The molecule has 1 aromatic rings. The number of nitrogens with zero attached hydrogens (tertiary/aromatic N) is 2. The molecule has 226 valence electrons. The monoisotopic (exact) mass is 587 g/mol. The number of thiazole rings is 1. The van der Waals surface area contributed by atoms with Crippen LogP contribution in [0.2, 0.25) is 0 Å². The quantitative estimate of drug-likeness (QED) is 0.289. The Morgan fingerprint density at radius 3 is 2.37 bits per heavy atom. The second kappa shape index (κ2) is 11.6. The van der Waals surface area contributed by atoms with E-state index in [4.69, 9.17) is 10.5 Å². The van der Waals surface area contributed by atoms with Crippen LogP contribution in [0, 0.1) is 34.0 Å². The van der Waals surface area contributed by atoms with Gasteiger partial charge < -0.3 is 15.4 Å². The third kappa shape index (κ3) is 6.73. The van der Waals surface area contributed by atoms with E-state index in [9.17, 15) is 24.0 Å². The summed E-state index contributed by atoms with van der Waals surface area (Å²) < 4.78 is 4.75. The molecule has 10 heteroatoms. The first kappa shape index (κ1) is 31.3. The normalized spacial score (nSPS) is 24.9. The molecule has 0 bridgehead atoms. The van der Waals surface area contributed by atoms with Crippen molar-refractivity contribution in [1.29, 1.82) is 0 Å². The molecule has 2 amide bonds. The number of hydrogen-bond donors (Lipinski definition) is 1. The molecule has 0 radical (unpaired) electrons. The smallest absolute Gasteiger partial charge is 0.311 e. The summed E-state index contributed by atoms with van der Waals surface area (Å²) in [5.41, 5.74) is 5.46. The molecule has 1 saturated heterocycles. The summed E-state index contributed by atoms with van der Waals surface area (Å²) >= 11 is 1.42. The van der Waals surface area contributed by atoms with Gasteiger partial charge >= 0.3 is 5.97 Å². The summed E-state index contributed by atoms with van der Waals surface area (Å²) in [7, 11) is 1.34. The van der Waals surface area contributed by atoms with Crippen LogP contribution in [0.1, 0.15) is 90.3 Å². The molecule has 1 spiro atoms. The number of aromatic nitrogens is 1. The van der Waals surface area contributed by atoms with E-state index < -0.39 is 35.0 Å². The Labute approximate surface area is 247 Å². The van der Waals surface area contributed by atoms with E-state index in [-0.39, 0.29) is 41.3 Å². The lowest BCUT2D eigenvalue weighted by molar-refractivity contribution is -0.145. The predicted molar refractivity (Wildman–Crippen MR) is 155 cm³/mol. The molecular weight excluding hydrogens is 542 g/mol. The standard InChI is InChI=1S/C31H45N3O6S/c1-29(2,3)21(13-24-33-20(15-41-24)12-25(36)40-6)28(39)34-17-31(16-30(31,4)5)14-22(34)23(35)11-19(26(37)27(32)38)10-18-8-7-9-18/h15,18-19,21-22H,7-14,16-17H2,1-6H3,(H2,32,38)/t19?,21-,22+,31?/m1/s1. The maximum absolute atomic E-state index is 14.4. The Morgan fingerprint density at radius 1 is 1.20 bits per heavy atom. The summed E-state index contributed by atoms with van der Waals surface area (Å²) in [6.45, 7) is 10.9. The van der Waals surface area contributed by atoms with Crippen LogP contribution in [-0.4, -0.2) is 58.9 Å². The van der Waals surface area contributed by atoms with Gasteiger partial charge in [-0.25, -0.2) is 4.98 Å². The Morgan fingerprint density at radius 2 is 1.85 bits per heavy atom. The molecule has 0 aromatic carbocycles. The van der Waals surface area contributed by atoms with E-state index in [1.165, 1.54) is 18.4 Å². The number of carbonyl (C=O) groups excluding carboxylic acids is 5.